The summed E-state index contributed by atoms with van der Waals surface area (Å²) in [6.45, 7) is 5.36. The van der Waals surface area contributed by atoms with Crippen LogP contribution in [0.4, 0.5) is 17.2 Å². The number of H-pyrrole nitrogens is 1. The molecule has 1 atom stereocenters. The number of thioether (sulfide) groups is 1. The minimum atomic E-state index is -0.239. The Morgan fingerprint density at radius 3 is 2.71 bits per heavy atom. The number of benzene rings is 1. The number of hydrogen-bond donors (Lipinski definition) is 3. The second-order valence-corrected chi connectivity index (χ2v) is 12.8. The van der Waals surface area contributed by atoms with Crippen LogP contribution in [0.5, 0.6) is 0 Å². The Hall–Kier alpha value is -2.76. The fourth-order valence-electron chi connectivity index (χ4n) is 5.30. The molecule has 0 radical (unpaired) electrons. The van der Waals surface area contributed by atoms with Crippen LogP contribution in [0, 0.1) is 0 Å². The van der Waals surface area contributed by atoms with E-state index in [-0.39, 0.29) is 17.2 Å². The number of likely N-dealkylation sites (N-methyl/N-ethyl adjacent to an activating group) is 1. The van der Waals surface area contributed by atoms with Gasteiger partial charge in [0.15, 0.2) is 5.82 Å². The van der Waals surface area contributed by atoms with Crippen LogP contribution < -0.4 is 15.5 Å². The summed E-state index contributed by atoms with van der Waals surface area (Å²) in [6, 6.07) is 10.1. The quantitative estimate of drug-likeness (QED) is 0.314. The number of nitrogens with one attached hydrogen (secondary N) is 3. The predicted molar refractivity (Wildman–Crippen MR) is 168 cm³/mol. The van der Waals surface area contributed by atoms with E-state index in [2.05, 4.69) is 43.7 Å². The second kappa shape index (κ2) is 12.6. The first-order valence-electron chi connectivity index (χ1n) is 13.9. The smallest absolute Gasteiger partial charge is 0.259 e. The molecule has 216 valence electrons. The molecule has 3 N–H and O–H groups in total. The molecule has 2 saturated heterocycles. The summed E-state index contributed by atoms with van der Waals surface area (Å²) in [5.74, 6) is 0.152. The highest BCUT2D eigenvalue weighted by Gasteiger charge is 2.23. The topological polar surface area (TPSA) is 98.4 Å². The maximum Gasteiger partial charge on any atom is 0.259 e. The van der Waals surface area contributed by atoms with Crippen molar-refractivity contribution in [1.82, 2.24) is 20.1 Å². The molecule has 6 rings (SSSR count). The molecule has 3 aromatic rings. The zero-order chi connectivity index (χ0) is 28.3. The van der Waals surface area contributed by atoms with E-state index in [4.69, 9.17) is 32.9 Å². The van der Waals surface area contributed by atoms with E-state index in [9.17, 15) is 4.79 Å². The van der Waals surface area contributed by atoms with E-state index in [0.717, 1.165) is 66.0 Å². The van der Waals surface area contributed by atoms with Crippen LogP contribution in [-0.4, -0.2) is 83.7 Å². The molecule has 41 heavy (non-hydrogen) atoms. The van der Waals surface area contributed by atoms with E-state index in [0.29, 0.717) is 41.6 Å². The Morgan fingerprint density at radius 2 is 1.93 bits per heavy atom. The largest absolute Gasteiger partial charge is 0.381 e. The van der Waals surface area contributed by atoms with Gasteiger partial charge in [-0.1, -0.05) is 41.0 Å². The normalized spacial score (nSPS) is 20.6. The van der Waals surface area contributed by atoms with Gasteiger partial charge in [-0.25, -0.2) is 4.98 Å². The van der Waals surface area contributed by atoms with E-state index >= 15 is 0 Å². The number of piperazine rings is 1. The number of nitrogens with zero attached hydrogens (tertiary/aromatic N) is 4. The highest BCUT2D eigenvalue weighted by Crippen LogP contribution is 2.35. The number of ether oxygens (including phenoxy) is 1. The minimum absolute atomic E-state index is 0.0764. The number of rotatable bonds is 7. The number of allylic oxidation sites excluding steroid dienone is 3. The van der Waals surface area contributed by atoms with E-state index in [1.165, 1.54) is 0 Å². The first kappa shape index (κ1) is 28.4. The molecule has 0 bridgehead atoms. The first-order chi connectivity index (χ1) is 19.9. The summed E-state index contributed by atoms with van der Waals surface area (Å²) in [4.78, 5) is 23.2. The van der Waals surface area contributed by atoms with Gasteiger partial charge >= 0.3 is 0 Å². The van der Waals surface area contributed by atoms with Crippen LogP contribution in [0.2, 0.25) is 0 Å². The van der Waals surface area contributed by atoms with Gasteiger partial charge in [-0.2, -0.15) is 5.10 Å². The summed E-state index contributed by atoms with van der Waals surface area (Å²) in [5, 5.41) is 16.2. The molecular weight excluding hydrogens is 581 g/mol. The first-order valence-corrected chi connectivity index (χ1v) is 15.5. The predicted octanol–water partition coefficient (Wildman–Crippen LogP) is 5.66. The molecule has 2 aromatic heterocycles. The average molecular weight is 615 g/mol. The number of amides is 1. The third kappa shape index (κ3) is 6.84. The lowest BCUT2D eigenvalue weighted by Crippen LogP contribution is -2.44. The maximum absolute atomic E-state index is 13.7. The zero-order valence-corrected chi connectivity index (χ0v) is 25.2. The van der Waals surface area contributed by atoms with Gasteiger partial charge in [0.25, 0.3) is 5.91 Å². The molecule has 1 unspecified atom stereocenters. The van der Waals surface area contributed by atoms with Crippen LogP contribution in [0.1, 0.15) is 29.6 Å². The Morgan fingerprint density at radius 1 is 1.12 bits per heavy atom. The minimum Gasteiger partial charge on any atom is -0.381 e. The van der Waals surface area contributed by atoms with E-state index < -0.39 is 0 Å². The summed E-state index contributed by atoms with van der Waals surface area (Å²) in [6.07, 6.45) is 6.22. The molecule has 0 spiro atoms. The van der Waals surface area contributed by atoms with Crippen molar-refractivity contribution < 1.29 is 9.53 Å². The second-order valence-electron chi connectivity index (χ2n) is 10.6. The molecule has 1 aromatic carbocycles. The number of aromatic amines is 1. The Balaban J connectivity index is 1.23. The Bertz CT molecular complexity index is 1480. The number of halogens is 2. The summed E-state index contributed by atoms with van der Waals surface area (Å²) in [5.41, 5.74) is 3.85. The number of carbonyl (C=O) groups excluding carboxylic acids is 1. The average Bonchev–Trinajstić information content (AvgIpc) is 3.35. The number of hydrogen-bond acceptors (Lipinski definition) is 8. The molecule has 4 heterocycles. The van der Waals surface area contributed by atoms with E-state index in [1.54, 1.807) is 17.8 Å². The van der Waals surface area contributed by atoms with Crippen molar-refractivity contribution >= 4 is 69.1 Å². The van der Waals surface area contributed by atoms with Crippen molar-refractivity contribution in [2.45, 2.75) is 35.6 Å². The third-order valence-corrected chi connectivity index (χ3v) is 9.19. The third-order valence-electron chi connectivity index (χ3n) is 7.62. The Labute approximate surface area is 253 Å². The molecule has 2 aliphatic heterocycles. The van der Waals surface area contributed by atoms with Gasteiger partial charge in [0.1, 0.15) is 5.52 Å². The van der Waals surface area contributed by atoms with Crippen LogP contribution in [0.15, 0.2) is 57.6 Å². The van der Waals surface area contributed by atoms with Crippen molar-refractivity contribution in [3.63, 3.8) is 0 Å². The molecule has 9 nitrogen and oxygen atoms in total. The van der Waals surface area contributed by atoms with Gasteiger partial charge < -0.3 is 25.2 Å². The van der Waals surface area contributed by atoms with Crippen LogP contribution in [0.3, 0.4) is 0 Å². The van der Waals surface area contributed by atoms with Gasteiger partial charge in [-0.3, -0.25) is 9.89 Å². The molecule has 1 amide bonds. The van der Waals surface area contributed by atoms with Gasteiger partial charge in [0.2, 0.25) is 0 Å². The van der Waals surface area contributed by atoms with Crippen LogP contribution in [-0.2, 0) is 4.74 Å². The van der Waals surface area contributed by atoms with Crippen molar-refractivity contribution in [2.75, 3.05) is 62.0 Å². The fourth-order valence-corrected chi connectivity index (χ4v) is 7.17. The SMILES string of the molecule is CN1CCN(c2ccc(C(=O)Nc3n[nH]c4ccc(SC5C=C(Cl)C=C(Cl)C5)nc34)c(NC3CCOCC3)c2)CC1. The molecule has 12 heteroatoms. The van der Waals surface area contributed by atoms with Gasteiger partial charge in [0.05, 0.1) is 16.1 Å². The fraction of sp³-hybridized carbons (Fsp3) is 0.414. The highest BCUT2D eigenvalue weighted by molar-refractivity contribution is 8.00. The number of fused-ring (bicyclic) bond motifs is 1. The van der Waals surface area contributed by atoms with Crippen LogP contribution >= 0.6 is 35.0 Å². The molecule has 3 aliphatic rings. The van der Waals surface area contributed by atoms with Crippen molar-refractivity contribution in [3.8, 4) is 0 Å². The summed E-state index contributed by atoms with van der Waals surface area (Å²) >= 11 is 14.0. The number of carbonyl (C=O) groups is 1. The van der Waals surface area contributed by atoms with Crippen molar-refractivity contribution in [2.24, 2.45) is 0 Å². The lowest BCUT2D eigenvalue weighted by molar-refractivity contribution is 0.0904. The van der Waals surface area contributed by atoms with Crippen LogP contribution in [0.25, 0.3) is 11.0 Å². The maximum atomic E-state index is 13.7. The molecular formula is C29H33Cl2N7O2S. The Kier molecular flexibility index (Phi) is 8.73. The molecule has 1 aliphatic carbocycles. The summed E-state index contributed by atoms with van der Waals surface area (Å²) in [7, 11) is 2.15. The number of pyridine rings is 1. The number of aromatic nitrogens is 3. The standard InChI is InChI=1S/C29H33Cl2N7O2S/c1-37-8-10-38(11-9-37)21-2-3-23(25(17-21)32-20-6-12-40-13-7-20)29(39)34-28-27-24(35-36-28)4-5-26(33-27)41-22-15-18(30)14-19(31)16-22/h2-5,14-15,17,20,22,32H,6-13,16H2,1H3,(H2,34,35,36,39). The van der Waals surface area contributed by atoms with Crippen molar-refractivity contribution in [1.29, 1.82) is 0 Å². The van der Waals surface area contributed by atoms with E-state index in [1.807, 2.05) is 30.3 Å². The van der Waals surface area contributed by atoms with Gasteiger partial charge in [-0.15, -0.1) is 0 Å². The molecule has 2 fully saturated rings. The van der Waals surface area contributed by atoms with Gasteiger partial charge in [-0.05, 0) is 62.7 Å². The number of anilines is 3. The molecule has 0 saturated carbocycles. The monoisotopic (exact) mass is 613 g/mol. The highest BCUT2D eigenvalue weighted by atomic mass is 35.5. The summed E-state index contributed by atoms with van der Waals surface area (Å²) < 4.78 is 5.55. The van der Waals surface area contributed by atoms with Gasteiger partial charge in [0, 0.05) is 72.1 Å². The lowest BCUT2D eigenvalue weighted by Gasteiger charge is -2.34. The lowest BCUT2D eigenvalue weighted by atomic mass is 10.1. The van der Waals surface area contributed by atoms with Crippen molar-refractivity contribution in [3.05, 3.63) is 58.1 Å². The zero-order valence-electron chi connectivity index (χ0n) is 22.8.